The van der Waals surface area contributed by atoms with Crippen molar-refractivity contribution < 1.29 is 29.2 Å². The Balaban J connectivity index is 1.31. The molecule has 2 saturated heterocycles. The highest BCUT2D eigenvalue weighted by Gasteiger charge is 2.48. The molecule has 4 heterocycles. The van der Waals surface area contributed by atoms with E-state index in [1.54, 1.807) is 19.3 Å². The van der Waals surface area contributed by atoms with Gasteiger partial charge in [0.15, 0.2) is 5.76 Å². The number of aromatic nitrogens is 2. The van der Waals surface area contributed by atoms with Crippen molar-refractivity contribution in [2.24, 2.45) is 11.8 Å². The van der Waals surface area contributed by atoms with E-state index in [2.05, 4.69) is 9.97 Å². The summed E-state index contributed by atoms with van der Waals surface area (Å²) in [6, 6.07) is 3.86. The van der Waals surface area contributed by atoms with Gasteiger partial charge >= 0.3 is 0 Å². The molecule has 0 saturated carbocycles. The average Bonchev–Trinajstić information content (AvgIpc) is 3.40. The van der Waals surface area contributed by atoms with Crippen LogP contribution in [0, 0.1) is 18.8 Å². The van der Waals surface area contributed by atoms with E-state index in [9.17, 15) is 15.3 Å². The Bertz CT molecular complexity index is 956. The molecule has 8 nitrogen and oxygen atoms in total. The number of pyridine rings is 1. The summed E-state index contributed by atoms with van der Waals surface area (Å²) in [7, 11) is 0. The van der Waals surface area contributed by atoms with Crippen LogP contribution in [0.15, 0.2) is 34.5 Å². The number of hydrogen-bond donors (Lipinski definition) is 3. The highest BCUT2D eigenvalue weighted by molar-refractivity contribution is 5.56. The Morgan fingerprint density at radius 2 is 1.94 bits per heavy atom. The zero-order valence-electron chi connectivity index (χ0n) is 19.6. The molecule has 3 N–H and O–H groups in total. The topological polar surface area (TPSA) is 121 Å². The highest BCUT2D eigenvalue weighted by Crippen LogP contribution is 2.38. The molecule has 2 fully saturated rings. The molecule has 33 heavy (non-hydrogen) atoms. The van der Waals surface area contributed by atoms with Gasteiger partial charge in [-0.25, -0.2) is 4.98 Å². The van der Waals surface area contributed by atoms with E-state index < -0.39 is 24.4 Å². The van der Waals surface area contributed by atoms with Crippen LogP contribution in [0.2, 0.25) is 0 Å². The summed E-state index contributed by atoms with van der Waals surface area (Å²) in [6.45, 7) is 7.92. The predicted octanol–water partition coefficient (Wildman–Crippen LogP) is 2.75. The lowest BCUT2D eigenvalue weighted by atomic mass is 9.85. The molecule has 0 aromatic carbocycles. The number of nitrogens with zero attached hydrogens (tertiary/aromatic N) is 2. The Morgan fingerprint density at radius 1 is 1.15 bits per heavy atom. The summed E-state index contributed by atoms with van der Waals surface area (Å²) in [5.41, 5.74) is 2.72. The summed E-state index contributed by atoms with van der Waals surface area (Å²) in [6.07, 6.45) is 3.47. The average molecular weight is 459 g/mol. The maximum absolute atomic E-state index is 10.7. The van der Waals surface area contributed by atoms with Crippen LogP contribution in [0.25, 0.3) is 17.4 Å². The number of oxazole rings is 1. The van der Waals surface area contributed by atoms with Crippen LogP contribution in [0.3, 0.4) is 0 Å². The van der Waals surface area contributed by atoms with Crippen LogP contribution in [0.5, 0.6) is 0 Å². The molecular formula is C25H34N2O6. The number of aliphatic hydroxyl groups excluding tert-OH is 3. The summed E-state index contributed by atoms with van der Waals surface area (Å²) in [5.74, 6) is 0.949. The number of aryl methyl sites for hydroxylation is 1. The number of rotatable bonds is 8. The molecule has 180 valence electrons. The van der Waals surface area contributed by atoms with Gasteiger partial charge in [-0.2, -0.15) is 0 Å². The fourth-order valence-corrected chi connectivity index (χ4v) is 4.40. The number of ether oxygens (including phenoxy) is 2. The number of epoxide rings is 1. The number of aliphatic hydroxyl groups is 3. The van der Waals surface area contributed by atoms with Gasteiger partial charge in [-0.05, 0) is 51.8 Å². The van der Waals surface area contributed by atoms with Gasteiger partial charge in [-0.3, -0.25) is 4.98 Å². The monoisotopic (exact) mass is 458 g/mol. The molecule has 2 aromatic heterocycles. The summed E-state index contributed by atoms with van der Waals surface area (Å²) in [4.78, 5) is 8.59. The largest absolute Gasteiger partial charge is 0.437 e. The fourth-order valence-electron chi connectivity index (χ4n) is 4.40. The lowest BCUT2D eigenvalue weighted by Gasteiger charge is -2.38. The van der Waals surface area contributed by atoms with Gasteiger partial charge in [-0.15, -0.1) is 0 Å². The molecule has 0 radical (unpaired) electrons. The minimum absolute atomic E-state index is 0.00128. The minimum Gasteiger partial charge on any atom is -0.437 e. The predicted molar refractivity (Wildman–Crippen MR) is 122 cm³/mol. The second-order valence-electron chi connectivity index (χ2n) is 9.53. The standard InChI is InChI=1S/C25H34N2O6/c1-13(8-22-27-11-21(32-22)17-6-5-14(2)26-10-17)7-19-24(30)23(29)18(12-31-19)9-20-25(33-20)15(3)16(4)28/h5-6,8,10-11,15-16,18-20,23-25,28-30H,7,9,12H2,1-4H3/b13-8+/t15-,16-,18-,19-,20-,23+,24-,25-/m0/s1. The molecule has 2 aromatic rings. The van der Waals surface area contributed by atoms with Gasteiger partial charge in [0, 0.05) is 29.3 Å². The van der Waals surface area contributed by atoms with Crippen molar-refractivity contribution in [1.29, 1.82) is 0 Å². The second-order valence-corrected chi connectivity index (χ2v) is 9.53. The van der Waals surface area contributed by atoms with Gasteiger partial charge in [0.2, 0.25) is 5.89 Å². The molecule has 0 unspecified atom stereocenters. The van der Waals surface area contributed by atoms with Crippen LogP contribution < -0.4 is 0 Å². The van der Waals surface area contributed by atoms with Crippen LogP contribution in [0.4, 0.5) is 0 Å². The molecule has 2 aliphatic rings. The second kappa shape index (κ2) is 10.0. The smallest absolute Gasteiger partial charge is 0.219 e. The molecular weight excluding hydrogens is 424 g/mol. The summed E-state index contributed by atoms with van der Waals surface area (Å²) < 4.78 is 17.4. The molecule has 2 aliphatic heterocycles. The van der Waals surface area contributed by atoms with Gasteiger partial charge in [0.05, 0.1) is 43.3 Å². The SMILES string of the molecule is C/C(=C\c1ncc(-c2ccc(C)nc2)o1)C[C@@H]1OC[C@H](C[C@@H]2O[C@H]2[C@@H](C)[C@H](C)O)[C@@H](O)[C@H]1O. The van der Waals surface area contributed by atoms with Gasteiger partial charge in [0.25, 0.3) is 0 Å². The third-order valence-electron chi connectivity index (χ3n) is 6.79. The summed E-state index contributed by atoms with van der Waals surface area (Å²) >= 11 is 0. The normalized spacial score (nSPS) is 31.9. The van der Waals surface area contributed by atoms with Gasteiger partial charge in [0.1, 0.15) is 6.10 Å². The van der Waals surface area contributed by atoms with E-state index in [-0.39, 0.29) is 24.0 Å². The highest BCUT2D eigenvalue weighted by atomic mass is 16.6. The van der Waals surface area contributed by atoms with E-state index >= 15 is 0 Å². The third kappa shape index (κ3) is 5.70. The zero-order valence-corrected chi connectivity index (χ0v) is 19.6. The molecule has 0 spiro atoms. The Labute approximate surface area is 194 Å². The number of hydrogen-bond acceptors (Lipinski definition) is 8. The van der Waals surface area contributed by atoms with E-state index in [1.165, 1.54) is 0 Å². The maximum atomic E-state index is 10.7. The van der Waals surface area contributed by atoms with Crippen LogP contribution >= 0.6 is 0 Å². The van der Waals surface area contributed by atoms with Crippen molar-refractivity contribution in [2.75, 3.05) is 6.61 Å². The quantitative estimate of drug-likeness (QED) is 0.516. The van der Waals surface area contributed by atoms with E-state index in [0.717, 1.165) is 16.8 Å². The van der Waals surface area contributed by atoms with Crippen molar-refractivity contribution in [3.05, 3.63) is 41.7 Å². The molecule has 8 atom stereocenters. The van der Waals surface area contributed by atoms with Crippen LogP contribution in [-0.2, 0) is 9.47 Å². The maximum Gasteiger partial charge on any atom is 0.219 e. The lowest BCUT2D eigenvalue weighted by molar-refractivity contribution is -0.165. The molecule has 4 rings (SSSR count). The Kier molecular flexibility index (Phi) is 7.31. The van der Waals surface area contributed by atoms with Crippen molar-refractivity contribution in [3.8, 4) is 11.3 Å². The van der Waals surface area contributed by atoms with E-state index in [1.807, 2.05) is 39.0 Å². The van der Waals surface area contributed by atoms with E-state index in [0.29, 0.717) is 31.1 Å². The van der Waals surface area contributed by atoms with Gasteiger partial charge in [-0.1, -0.05) is 12.5 Å². The first kappa shape index (κ1) is 24.0. The van der Waals surface area contributed by atoms with Crippen molar-refractivity contribution in [3.63, 3.8) is 0 Å². The fraction of sp³-hybridized carbons (Fsp3) is 0.600. The Hall–Kier alpha value is -2.10. The minimum atomic E-state index is -0.989. The zero-order chi connectivity index (χ0) is 23.7. The first-order valence-electron chi connectivity index (χ1n) is 11.6. The van der Waals surface area contributed by atoms with Crippen LogP contribution in [-0.4, -0.2) is 68.5 Å². The van der Waals surface area contributed by atoms with E-state index in [4.69, 9.17) is 13.9 Å². The first-order valence-corrected chi connectivity index (χ1v) is 11.6. The van der Waals surface area contributed by atoms with Crippen molar-refractivity contribution in [1.82, 2.24) is 9.97 Å². The molecule has 0 aliphatic carbocycles. The first-order chi connectivity index (χ1) is 15.7. The van der Waals surface area contributed by atoms with Crippen molar-refractivity contribution in [2.45, 2.75) is 77.2 Å². The van der Waals surface area contributed by atoms with Crippen molar-refractivity contribution >= 4 is 6.08 Å². The lowest BCUT2D eigenvalue weighted by Crippen LogP contribution is -2.50. The van der Waals surface area contributed by atoms with Crippen LogP contribution in [0.1, 0.15) is 45.2 Å². The molecule has 0 amide bonds. The van der Waals surface area contributed by atoms with Gasteiger partial charge < -0.3 is 29.2 Å². The third-order valence-corrected chi connectivity index (χ3v) is 6.79. The molecule has 0 bridgehead atoms. The Morgan fingerprint density at radius 3 is 2.64 bits per heavy atom. The summed E-state index contributed by atoms with van der Waals surface area (Å²) in [5, 5.41) is 31.1. The molecule has 8 heteroatoms.